The molecule has 0 fully saturated rings. The number of benzene rings is 6. The van der Waals surface area contributed by atoms with Gasteiger partial charge >= 0.3 is 0 Å². The van der Waals surface area contributed by atoms with Crippen LogP contribution in [0.4, 0.5) is 0 Å². The highest BCUT2D eigenvalue weighted by atomic mass is 15.1. The van der Waals surface area contributed by atoms with Crippen LogP contribution in [0.3, 0.4) is 0 Å². The predicted octanol–water partition coefficient (Wildman–Crippen LogP) is 6.29. The van der Waals surface area contributed by atoms with Crippen LogP contribution >= 0.6 is 0 Å². The molecule has 2 aliphatic rings. The van der Waals surface area contributed by atoms with Gasteiger partial charge in [-0.1, -0.05) is 133 Å². The second kappa shape index (κ2) is 10.3. The molecule has 0 spiro atoms. The van der Waals surface area contributed by atoms with Crippen molar-refractivity contribution >= 4 is 39.2 Å². The molecule has 0 N–H and O–H groups in total. The third-order valence-corrected chi connectivity index (χ3v) is 8.92. The van der Waals surface area contributed by atoms with E-state index in [-0.39, 0.29) is 5.92 Å². The zero-order valence-corrected chi connectivity index (χ0v) is 24.5. The molecule has 210 valence electrons. The molecule has 6 aromatic carbocycles. The van der Waals surface area contributed by atoms with E-state index in [2.05, 4.69) is 150 Å². The van der Waals surface area contributed by atoms with Gasteiger partial charge in [-0.3, -0.25) is 4.57 Å². The van der Waals surface area contributed by atoms with Crippen molar-refractivity contribution in [2.75, 3.05) is 0 Å². The van der Waals surface area contributed by atoms with Crippen LogP contribution < -0.4 is 21.0 Å². The number of para-hydroxylation sites is 2. The molecule has 2 heterocycles. The molecule has 1 aliphatic carbocycles. The maximum atomic E-state index is 5.41. The van der Waals surface area contributed by atoms with E-state index in [1.807, 2.05) is 12.1 Å². The number of imidazole rings is 1. The fourth-order valence-electron chi connectivity index (χ4n) is 6.84. The van der Waals surface area contributed by atoms with Gasteiger partial charge in [0, 0.05) is 33.5 Å². The first-order valence-electron chi connectivity index (χ1n) is 15.4. The summed E-state index contributed by atoms with van der Waals surface area (Å²) in [5, 5.41) is 6.85. The third-order valence-electron chi connectivity index (χ3n) is 8.92. The van der Waals surface area contributed by atoms with E-state index in [0.717, 1.165) is 60.5 Å². The van der Waals surface area contributed by atoms with Gasteiger partial charge in [0.2, 0.25) is 0 Å². The lowest BCUT2D eigenvalue weighted by Gasteiger charge is -2.23. The summed E-state index contributed by atoms with van der Waals surface area (Å²) < 4.78 is 2.26. The van der Waals surface area contributed by atoms with Crippen LogP contribution in [0, 0.1) is 17.8 Å². The summed E-state index contributed by atoms with van der Waals surface area (Å²) >= 11 is 0. The Morgan fingerprint density at radius 3 is 2.33 bits per heavy atom. The standard InChI is InChI=1S/C42H27N3/c1-2-15-31(16-3-1)42-43-37-20-10-11-21-38(37)45(42)32-25-22-30(23-26-32)39-35-19-9-6-13-28-12-4-7-17-33(28)40(35)44-41-34-18-8-5-14-29(34)24-27-36(39)41/h1-5,7-8,10-18,20-27,35H,6H2/b28-13-,40-33+. The van der Waals surface area contributed by atoms with Crippen molar-refractivity contribution in [3.8, 4) is 28.9 Å². The van der Waals surface area contributed by atoms with Crippen molar-refractivity contribution in [3.63, 3.8) is 0 Å². The van der Waals surface area contributed by atoms with Crippen molar-refractivity contribution in [2.24, 2.45) is 10.9 Å². The largest absolute Gasteiger partial charge is 0.292 e. The Kier molecular flexibility index (Phi) is 5.86. The van der Waals surface area contributed by atoms with Gasteiger partial charge in [0.05, 0.1) is 28.0 Å². The molecule has 1 unspecified atom stereocenters. The van der Waals surface area contributed by atoms with Crippen LogP contribution in [0.1, 0.15) is 12.0 Å². The SMILES string of the molecule is C1#CC2C(c3ccc(-n4c(-c5ccccc5)nc5ccccc54)cc3)=c3ccc4ccccc4c3=N/C2=c2\cccc\c2=C\C1. The molecule has 0 saturated carbocycles. The van der Waals surface area contributed by atoms with E-state index in [4.69, 9.17) is 9.98 Å². The van der Waals surface area contributed by atoms with Crippen molar-refractivity contribution in [2.45, 2.75) is 6.42 Å². The van der Waals surface area contributed by atoms with E-state index in [1.165, 1.54) is 16.2 Å². The Hall–Kier alpha value is -5.98. The molecule has 45 heavy (non-hydrogen) atoms. The first-order valence-corrected chi connectivity index (χ1v) is 15.4. The second-order valence-electron chi connectivity index (χ2n) is 11.5. The summed E-state index contributed by atoms with van der Waals surface area (Å²) in [5.74, 6) is 7.87. The molecule has 3 nitrogen and oxygen atoms in total. The van der Waals surface area contributed by atoms with Crippen LogP contribution in [-0.4, -0.2) is 9.55 Å². The highest BCUT2D eigenvalue weighted by Crippen LogP contribution is 2.33. The predicted molar refractivity (Wildman–Crippen MR) is 183 cm³/mol. The molecule has 1 aliphatic heterocycles. The summed E-state index contributed by atoms with van der Waals surface area (Å²) in [6.07, 6.45) is 2.93. The molecule has 7 aromatic rings. The van der Waals surface area contributed by atoms with Crippen molar-refractivity contribution in [1.82, 2.24) is 9.55 Å². The lowest BCUT2D eigenvalue weighted by atomic mass is 9.84. The minimum atomic E-state index is -0.145. The Balaban J connectivity index is 1.31. The first kappa shape index (κ1) is 25.5. The topological polar surface area (TPSA) is 30.2 Å². The van der Waals surface area contributed by atoms with Crippen molar-refractivity contribution < 1.29 is 0 Å². The summed E-state index contributed by atoms with van der Waals surface area (Å²) in [4.78, 5) is 10.5. The molecule has 0 radical (unpaired) electrons. The van der Waals surface area contributed by atoms with Crippen LogP contribution in [0.2, 0.25) is 0 Å². The van der Waals surface area contributed by atoms with Crippen LogP contribution in [0.25, 0.3) is 56.2 Å². The molecular weight excluding hydrogens is 546 g/mol. The first-order chi connectivity index (χ1) is 22.3. The van der Waals surface area contributed by atoms with Gasteiger partial charge in [0.25, 0.3) is 0 Å². The fourth-order valence-corrected chi connectivity index (χ4v) is 6.84. The molecule has 0 bridgehead atoms. The lowest BCUT2D eigenvalue weighted by molar-refractivity contribution is 1.03. The summed E-state index contributed by atoms with van der Waals surface area (Å²) in [6, 6.07) is 49.2. The molecule has 0 saturated heterocycles. The van der Waals surface area contributed by atoms with Crippen molar-refractivity contribution in [3.05, 3.63) is 166 Å². The Morgan fingerprint density at radius 2 is 1.42 bits per heavy atom. The maximum Gasteiger partial charge on any atom is 0.145 e. The van der Waals surface area contributed by atoms with Crippen LogP contribution in [0.5, 0.6) is 0 Å². The second-order valence-corrected chi connectivity index (χ2v) is 11.5. The Morgan fingerprint density at radius 1 is 0.644 bits per heavy atom. The van der Waals surface area contributed by atoms with Crippen molar-refractivity contribution in [1.29, 1.82) is 0 Å². The molecule has 1 atom stereocenters. The molecular formula is C42H27N3. The van der Waals surface area contributed by atoms with Gasteiger partial charge in [0.15, 0.2) is 0 Å². The zero-order valence-electron chi connectivity index (χ0n) is 24.5. The van der Waals surface area contributed by atoms with Crippen LogP contribution in [-0.2, 0) is 0 Å². The van der Waals surface area contributed by atoms with Gasteiger partial charge in [0.1, 0.15) is 5.82 Å². The Labute approximate surface area is 260 Å². The molecule has 3 heteroatoms. The lowest BCUT2D eigenvalue weighted by Crippen LogP contribution is -2.38. The van der Waals surface area contributed by atoms with E-state index in [9.17, 15) is 0 Å². The summed E-state index contributed by atoms with van der Waals surface area (Å²) in [6.45, 7) is 0. The maximum absolute atomic E-state index is 5.41. The zero-order chi connectivity index (χ0) is 29.7. The third kappa shape index (κ3) is 4.15. The van der Waals surface area contributed by atoms with Gasteiger partial charge in [-0.05, 0) is 46.0 Å². The number of aromatic nitrogens is 2. The number of nitrogens with zero attached hydrogens (tertiary/aromatic N) is 3. The highest BCUT2D eigenvalue weighted by molar-refractivity contribution is 5.88. The number of hydrogen-bond donors (Lipinski definition) is 0. The number of fused-ring (bicyclic) bond motifs is 6. The average Bonchev–Trinajstić information content (AvgIpc) is 3.49. The van der Waals surface area contributed by atoms with Gasteiger partial charge < -0.3 is 0 Å². The number of hydrogen-bond acceptors (Lipinski definition) is 2. The van der Waals surface area contributed by atoms with E-state index in [0.29, 0.717) is 6.42 Å². The summed E-state index contributed by atoms with van der Waals surface area (Å²) in [5.41, 5.74) is 7.58. The van der Waals surface area contributed by atoms with E-state index < -0.39 is 0 Å². The average molecular weight is 574 g/mol. The summed E-state index contributed by atoms with van der Waals surface area (Å²) in [7, 11) is 0. The normalized spacial score (nSPS) is 17.0. The smallest absolute Gasteiger partial charge is 0.145 e. The Bertz CT molecular complexity index is 2620. The molecule has 0 amide bonds. The fraction of sp³-hybridized carbons (Fsp3) is 0.0476. The molecule has 1 aromatic heterocycles. The molecule has 9 rings (SSSR count). The minimum absolute atomic E-state index is 0.145. The quantitative estimate of drug-likeness (QED) is 0.229. The monoisotopic (exact) mass is 573 g/mol. The van der Waals surface area contributed by atoms with Gasteiger partial charge in [-0.25, -0.2) is 9.98 Å². The van der Waals surface area contributed by atoms with Crippen LogP contribution in [0.15, 0.2) is 145 Å². The van der Waals surface area contributed by atoms with E-state index in [1.54, 1.807) is 0 Å². The van der Waals surface area contributed by atoms with E-state index >= 15 is 0 Å². The highest BCUT2D eigenvalue weighted by Gasteiger charge is 2.25. The minimum Gasteiger partial charge on any atom is -0.292 e. The number of rotatable bonds is 3. The van der Waals surface area contributed by atoms with Gasteiger partial charge in [-0.2, -0.15) is 0 Å². The van der Waals surface area contributed by atoms with Gasteiger partial charge in [-0.15, -0.1) is 0 Å².